The molecule has 0 aromatic heterocycles. The van der Waals surface area contributed by atoms with E-state index < -0.39 is 0 Å². The van der Waals surface area contributed by atoms with E-state index in [1.165, 1.54) is 0 Å². The number of nitrogens with zero attached hydrogens (tertiary/aromatic N) is 1. The van der Waals surface area contributed by atoms with Crippen LogP contribution in [0.1, 0.15) is 26.7 Å². The average Bonchev–Trinajstić information content (AvgIpc) is 1.96. The SMILES string of the molecule is CC(C)NC1CCN(C)C(=O)C1. The van der Waals surface area contributed by atoms with Crippen molar-refractivity contribution in [2.24, 2.45) is 0 Å². The summed E-state index contributed by atoms with van der Waals surface area (Å²) in [7, 11) is 1.87. The Kier molecular flexibility index (Phi) is 3.09. The Hall–Kier alpha value is -0.570. The topological polar surface area (TPSA) is 32.3 Å². The Morgan fingerprint density at radius 1 is 1.58 bits per heavy atom. The van der Waals surface area contributed by atoms with Crippen molar-refractivity contribution in [1.82, 2.24) is 10.2 Å². The molecule has 1 saturated heterocycles. The monoisotopic (exact) mass is 170 g/mol. The molecule has 0 saturated carbocycles. The van der Waals surface area contributed by atoms with Crippen LogP contribution in [-0.4, -0.2) is 36.5 Å². The van der Waals surface area contributed by atoms with E-state index in [1.54, 1.807) is 4.90 Å². The molecule has 12 heavy (non-hydrogen) atoms. The molecule has 3 nitrogen and oxygen atoms in total. The highest BCUT2D eigenvalue weighted by Gasteiger charge is 2.22. The van der Waals surface area contributed by atoms with E-state index in [0.717, 1.165) is 13.0 Å². The number of hydrogen-bond donors (Lipinski definition) is 1. The zero-order chi connectivity index (χ0) is 9.14. The molecule has 1 heterocycles. The first kappa shape index (κ1) is 9.52. The Morgan fingerprint density at radius 2 is 2.25 bits per heavy atom. The molecule has 0 spiro atoms. The summed E-state index contributed by atoms with van der Waals surface area (Å²) >= 11 is 0. The predicted molar refractivity (Wildman–Crippen MR) is 48.9 cm³/mol. The van der Waals surface area contributed by atoms with Crippen LogP contribution < -0.4 is 5.32 Å². The minimum atomic E-state index is 0.263. The van der Waals surface area contributed by atoms with Gasteiger partial charge in [0.2, 0.25) is 5.91 Å². The van der Waals surface area contributed by atoms with Crippen LogP contribution in [0, 0.1) is 0 Å². The van der Waals surface area contributed by atoms with Crippen LogP contribution in [-0.2, 0) is 4.79 Å². The molecule has 0 aromatic rings. The highest BCUT2D eigenvalue weighted by molar-refractivity contribution is 5.77. The lowest BCUT2D eigenvalue weighted by Gasteiger charge is -2.30. The lowest BCUT2D eigenvalue weighted by Crippen LogP contribution is -2.46. The molecule has 1 rings (SSSR count). The van der Waals surface area contributed by atoms with Gasteiger partial charge in [-0.3, -0.25) is 4.79 Å². The van der Waals surface area contributed by atoms with Gasteiger partial charge in [0.25, 0.3) is 0 Å². The molecule has 1 aliphatic heterocycles. The minimum Gasteiger partial charge on any atom is -0.346 e. The molecule has 70 valence electrons. The summed E-state index contributed by atoms with van der Waals surface area (Å²) in [4.78, 5) is 13.1. The van der Waals surface area contributed by atoms with E-state index in [1.807, 2.05) is 7.05 Å². The van der Waals surface area contributed by atoms with Gasteiger partial charge in [-0.15, -0.1) is 0 Å². The fourth-order valence-electron chi connectivity index (χ4n) is 1.56. The smallest absolute Gasteiger partial charge is 0.223 e. The van der Waals surface area contributed by atoms with Crippen molar-refractivity contribution in [3.63, 3.8) is 0 Å². The van der Waals surface area contributed by atoms with Crippen LogP contribution in [0.3, 0.4) is 0 Å². The van der Waals surface area contributed by atoms with Gasteiger partial charge >= 0.3 is 0 Å². The fraction of sp³-hybridized carbons (Fsp3) is 0.889. The third-order valence-electron chi connectivity index (χ3n) is 2.23. The summed E-state index contributed by atoms with van der Waals surface area (Å²) < 4.78 is 0. The number of rotatable bonds is 2. The van der Waals surface area contributed by atoms with Crippen molar-refractivity contribution in [3.05, 3.63) is 0 Å². The maximum atomic E-state index is 11.3. The second-order valence-corrected chi connectivity index (χ2v) is 3.83. The van der Waals surface area contributed by atoms with Gasteiger partial charge in [-0.1, -0.05) is 13.8 Å². The molecule has 0 bridgehead atoms. The van der Waals surface area contributed by atoms with Gasteiger partial charge in [0.05, 0.1) is 0 Å². The number of hydrogen-bond acceptors (Lipinski definition) is 2. The zero-order valence-electron chi connectivity index (χ0n) is 8.13. The van der Waals surface area contributed by atoms with Crippen LogP contribution in [0.15, 0.2) is 0 Å². The highest BCUT2D eigenvalue weighted by Crippen LogP contribution is 2.10. The van der Waals surface area contributed by atoms with E-state index in [0.29, 0.717) is 18.5 Å². The molecule has 1 amide bonds. The number of carbonyl (C=O) groups excluding carboxylic acids is 1. The Labute approximate surface area is 74.1 Å². The third kappa shape index (κ3) is 2.48. The highest BCUT2D eigenvalue weighted by atomic mass is 16.2. The first-order chi connectivity index (χ1) is 5.59. The van der Waals surface area contributed by atoms with Crippen LogP contribution in [0.4, 0.5) is 0 Å². The lowest BCUT2D eigenvalue weighted by molar-refractivity contribution is -0.132. The van der Waals surface area contributed by atoms with E-state index in [2.05, 4.69) is 19.2 Å². The maximum Gasteiger partial charge on any atom is 0.223 e. The second kappa shape index (κ2) is 3.90. The lowest BCUT2D eigenvalue weighted by atomic mass is 10.0. The zero-order valence-corrected chi connectivity index (χ0v) is 8.13. The van der Waals surface area contributed by atoms with Gasteiger partial charge in [0, 0.05) is 32.1 Å². The van der Waals surface area contributed by atoms with Crippen LogP contribution in [0.5, 0.6) is 0 Å². The number of nitrogens with one attached hydrogen (secondary N) is 1. The summed E-state index contributed by atoms with van der Waals surface area (Å²) in [6.07, 6.45) is 1.75. The molecule has 1 fully saturated rings. The molecule has 1 atom stereocenters. The van der Waals surface area contributed by atoms with Gasteiger partial charge in [-0.05, 0) is 6.42 Å². The first-order valence-corrected chi connectivity index (χ1v) is 4.59. The van der Waals surface area contributed by atoms with Crippen molar-refractivity contribution in [3.8, 4) is 0 Å². The summed E-state index contributed by atoms with van der Waals surface area (Å²) in [6, 6.07) is 0.875. The van der Waals surface area contributed by atoms with E-state index in [-0.39, 0.29) is 5.91 Å². The second-order valence-electron chi connectivity index (χ2n) is 3.83. The maximum absolute atomic E-state index is 11.3. The van der Waals surface area contributed by atoms with E-state index in [9.17, 15) is 4.79 Å². The quantitative estimate of drug-likeness (QED) is 0.658. The molecule has 0 aromatic carbocycles. The van der Waals surface area contributed by atoms with Crippen molar-refractivity contribution in [2.45, 2.75) is 38.8 Å². The van der Waals surface area contributed by atoms with Gasteiger partial charge in [-0.25, -0.2) is 0 Å². The predicted octanol–water partition coefficient (Wildman–Crippen LogP) is 0.605. The Balaban J connectivity index is 2.35. The molecule has 0 radical (unpaired) electrons. The summed E-state index contributed by atoms with van der Waals surface area (Å²) in [5, 5.41) is 3.39. The molecule has 0 aliphatic carbocycles. The molecule has 3 heteroatoms. The summed E-state index contributed by atoms with van der Waals surface area (Å²) in [6.45, 7) is 5.12. The minimum absolute atomic E-state index is 0.263. The van der Waals surface area contributed by atoms with Gasteiger partial charge in [0.1, 0.15) is 0 Å². The molecular formula is C9H18N2O. The number of piperidine rings is 1. The molecule has 1 unspecified atom stereocenters. The van der Waals surface area contributed by atoms with Crippen LogP contribution in [0.25, 0.3) is 0 Å². The Morgan fingerprint density at radius 3 is 2.75 bits per heavy atom. The van der Waals surface area contributed by atoms with Gasteiger partial charge in [-0.2, -0.15) is 0 Å². The first-order valence-electron chi connectivity index (χ1n) is 4.59. The fourth-order valence-corrected chi connectivity index (χ4v) is 1.56. The van der Waals surface area contributed by atoms with Crippen LogP contribution in [0.2, 0.25) is 0 Å². The largest absolute Gasteiger partial charge is 0.346 e. The molecular weight excluding hydrogens is 152 g/mol. The Bertz CT molecular complexity index is 168. The van der Waals surface area contributed by atoms with Crippen LogP contribution >= 0.6 is 0 Å². The number of likely N-dealkylation sites (tertiary alicyclic amines) is 1. The number of carbonyl (C=O) groups is 1. The van der Waals surface area contributed by atoms with Gasteiger partial charge < -0.3 is 10.2 Å². The van der Waals surface area contributed by atoms with E-state index >= 15 is 0 Å². The normalized spacial score (nSPS) is 25.2. The standard InChI is InChI=1S/C9H18N2O/c1-7(2)10-8-4-5-11(3)9(12)6-8/h7-8,10H,4-6H2,1-3H3. The average molecular weight is 170 g/mol. The van der Waals surface area contributed by atoms with Gasteiger partial charge in [0.15, 0.2) is 0 Å². The molecule has 1 N–H and O–H groups in total. The molecule has 1 aliphatic rings. The third-order valence-corrected chi connectivity index (χ3v) is 2.23. The van der Waals surface area contributed by atoms with Crippen molar-refractivity contribution < 1.29 is 4.79 Å². The van der Waals surface area contributed by atoms with Crippen molar-refractivity contribution in [2.75, 3.05) is 13.6 Å². The van der Waals surface area contributed by atoms with Crippen molar-refractivity contribution >= 4 is 5.91 Å². The number of amides is 1. The summed E-state index contributed by atoms with van der Waals surface area (Å²) in [5.41, 5.74) is 0. The summed E-state index contributed by atoms with van der Waals surface area (Å²) in [5.74, 6) is 0.263. The van der Waals surface area contributed by atoms with Crippen molar-refractivity contribution in [1.29, 1.82) is 0 Å². The van der Waals surface area contributed by atoms with E-state index in [4.69, 9.17) is 0 Å².